The summed E-state index contributed by atoms with van der Waals surface area (Å²) < 4.78 is 0. The van der Waals surface area contributed by atoms with Gasteiger partial charge in [0.2, 0.25) is 5.91 Å². The first-order valence-corrected chi connectivity index (χ1v) is 5.28. The van der Waals surface area contributed by atoms with E-state index in [1.54, 1.807) is 0 Å². The van der Waals surface area contributed by atoms with E-state index >= 15 is 0 Å². The van der Waals surface area contributed by atoms with Gasteiger partial charge in [-0.05, 0) is 25.5 Å². The SMILES string of the molecule is CC(NC(=O)CCCN)c1ccccc1. The molecule has 0 aliphatic rings. The van der Waals surface area contributed by atoms with Gasteiger partial charge in [0, 0.05) is 6.42 Å². The summed E-state index contributed by atoms with van der Waals surface area (Å²) in [6.07, 6.45) is 1.25. The second-order valence-electron chi connectivity index (χ2n) is 3.59. The van der Waals surface area contributed by atoms with Crippen LogP contribution in [-0.4, -0.2) is 12.5 Å². The number of benzene rings is 1. The van der Waals surface area contributed by atoms with Crippen LogP contribution in [0.2, 0.25) is 0 Å². The number of nitrogens with one attached hydrogen (secondary N) is 1. The summed E-state index contributed by atoms with van der Waals surface area (Å²) in [4.78, 5) is 11.4. The van der Waals surface area contributed by atoms with Gasteiger partial charge in [-0.1, -0.05) is 30.3 Å². The van der Waals surface area contributed by atoms with E-state index in [1.165, 1.54) is 0 Å². The molecule has 0 aliphatic carbocycles. The zero-order chi connectivity index (χ0) is 11.1. The number of nitrogens with two attached hydrogens (primary N) is 1. The van der Waals surface area contributed by atoms with E-state index in [2.05, 4.69) is 5.32 Å². The topological polar surface area (TPSA) is 55.1 Å². The zero-order valence-corrected chi connectivity index (χ0v) is 9.07. The normalized spacial score (nSPS) is 12.1. The Morgan fingerprint density at radius 3 is 2.67 bits per heavy atom. The Kier molecular flexibility index (Phi) is 4.84. The van der Waals surface area contributed by atoms with Crippen molar-refractivity contribution in [1.29, 1.82) is 0 Å². The lowest BCUT2D eigenvalue weighted by Crippen LogP contribution is -2.26. The van der Waals surface area contributed by atoms with Crippen LogP contribution < -0.4 is 11.1 Å². The molecule has 0 aromatic heterocycles. The maximum Gasteiger partial charge on any atom is 0.220 e. The molecule has 1 rings (SSSR count). The smallest absolute Gasteiger partial charge is 0.220 e. The van der Waals surface area contributed by atoms with Crippen molar-refractivity contribution in [3.63, 3.8) is 0 Å². The van der Waals surface area contributed by atoms with Gasteiger partial charge in [0.15, 0.2) is 0 Å². The van der Waals surface area contributed by atoms with Gasteiger partial charge in [-0.25, -0.2) is 0 Å². The van der Waals surface area contributed by atoms with Crippen molar-refractivity contribution in [2.24, 2.45) is 5.73 Å². The fraction of sp³-hybridized carbons (Fsp3) is 0.417. The number of hydrogen-bond donors (Lipinski definition) is 2. The van der Waals surface area contributed by atoms with E-state index < -0.39 is 0 Å². The molecule has 1 aromatic carbocycles. The monoisotopic (exact) mass is 206 g/mol. The van der Waals surface area contributed by atoms with Gasteiger partial charge >= 0.3 is 0 Å². The van der Waals surface area contributed by atoms with Crippen LogP contribution in [0.4, 0.5) is 0 Å². The number of amides is 1. The highest BCUT2D eigenvalue weighted by molar-refractivity contribution is 5.76. The summed E-state index contributed by atoms with van der Waals surface area (Å²) in [6, 6.07) is 9.99. The van der Waals surface area contributed by atoms with E-state index in [0.29, 0.717) is 13.0 Å². The highest BCUT2D eigenvalue weighted by Gasteiger charge is 2.07. The minimum atomic E-state index is 0.0662. The Balaban J connectivity index is 2.42. The highest BCUT2D eigenvalue weighted by atomic mass is 16.1. The van der Waals surface area contributed by atoms with Gasteiger partial charge in [-0.15, -0.1) is 0 Å². The standard InChI is InChI=1S/C12H18N2O/c1-10(11-6-3-2-4-7-11)14-12(15)8-5-9-13/h2-4,6-7,10H,5,8-9,13H2,1H3,(H,14,15). The average Bonchev–Trinajstić information content (AvgIpc) is 2.27. The summed E-state index contributed by atoms with van der Waals surface area (Å²) in [5.74, 6) is 0.0665. The van der Waals surface area contributed by atoms with Crippen LogP contribution in [0, 0.1) is 0 Å². The predicted octanol–water partition coefficient (Wildman–Crippen LogP) is 1.60. The molecule has 0 fully saturated rings. The number of carbonyl (C=O) groups excluding carboxylic acids is 1. The molecule has 0 bridgehead atoms. The minimum Gasteiger partial charge on any atom is -0.350 e. The van der Waals surface area contributed by atoms with Crippen molar-refractivity contribution in [2.75, 3.05) is 6.54 Å². The quantitative estimate of drug-likeness (QED) is 0.769. The lowest BCUT2D eigenvalue weighted by Gasteiger charge is -2.13. The van der Waals surface area contributed by atoms with Gasteiger partial charge in [0.1, 0.15) is 0 Å². The second-order valence-corrected chi connectivity index (χ2v) is 3.59. The average molecular weight is 206 g/mol. The number of rotatable bonds is 5. The summed E-state index contributed by atoms with van der Waals surface area (Å²) in [5, 5.41) is 2.94. The van der Waals surface area contributed by atoms with Gasteiger partial charge in [0.05, 0.1) is 6.04 Å². The van der Waals surface area contributed by atoms with E-state index in [9.17, 15) is 4.79 Å². The molecule has 15 heavy (non-hydrogen) atoms. The first-order valence-electron chi connectivity index (χ1n) is 5.28. The molecule has 1 amide bonds. The molecular formula is C12H18N2O. The summed E-state index contributed by atoms with van der Waals surface area (Å²) >= 11 is 0. The van der Waals surface area contributed by atoms with Gasteiger partial charge in [0.25, 0.3) is 0 Å². The molecule has 3 nitrogen and oxygen atoms in total. The first kappa shape index (κ1) is 11.7. The molecule has 0 saturated heterocycles. The largest absolute Gasteiger partial charge is 0.350 e. The predicted molar refractivity (Wildman–Crippen MR) is 61.3 cm³/mol. The third kappa shape index (κ3) is 4.13. The Morgan fingerprint density at radius 1 is 1.40 bits per heavy atom. The molecule has 3 heteroatoms. The molecule has 1 aromatic rings. The zero-order valence-electron chi connectivity index (χ0n) is 9.07. The third-order valence-corrected chi connectivity index (χ3v) is 2.29. The maximum atomic E-state index is 11.4. The second kappa shape index (κ2) is 6.19. The fourth-order valence-corrected chi connectivity index (χ4v) is 1.40. The van der Waals surface area contributed by atoms with Crippen LogP contribution >= 0.6 is 0 Å². The van der Waals surface area contributed by atoms with E-state index in [1.807, 2.05) is 37.3 Å². The van der Waals surface area contributed by atoms with Crippen LogP contribution in [0.25, 0.3) is 0 Å². The van der Waals surface area contributed by atoms with Crippen LogP contribution in [-0.2, 0) is 4.79 Å². The van der Waals surface area contributed by atoms with Crippen molar-refractivity contribution in [2.45, 2.75) is 25.8 Å². The molecule has 3 N–H and O–H groups in total. The fourth-order valence-electron chi connectivity index (χ4n) is 1.40. The van der Waals surface area contributed by atoms with E-state index in [4.69, 9.17) is 5.73 Å². The Labute approximate surface area is 90.7 Å². The van der Waals surface area contributed by atoms with Crippen LogP contribution in [0.3, 0.4) is 0 Å². The van der Waals surface area contributed by atoms with E-state index in [0.717, 1.165) is 12.0 Å². The molecule has 0 heterocycles. The molecule has 1 unspecified atom stereocenters. The van der Waals surface area contributed by atoms with Crippen molar-refractivity contribution >= 4 is 5.91 Å². The summed E-state index contributed by atoms with van der Waals surface area (Å²) in [7, 11) is 0. The first-order chi connectivity index (χ1) is 7.24. The van der Waals surface area contributed by atoms with Crippen LogP contribution in [0.1, 0.15) is 31.4 Å². The van der Waals surface area contributed by atoms with Crippen LogP contribution in [0.15, 0.2) is 30.3 Å². The highest BCUT2D eigenvalue weighted by Crippen LogP contribution is 2.11. The lowest BCUT2D eigenvalue weighted by molar-refractivity contribution is -0.121. The Morgan fingerprint density at radius 2 is 2.07 bits per heavy atom. The third-order valence-electron chi connectivity index (χ3n) is 2.29. The number of hydrogen-bond acceptors (Lipinski definition) is 2. The molecule has 0 saturated carbocycles. The Bertz CT molecular complexity index is 298. The van der Waals surface area contributed by atoms with Crippen molar-refractivity contribution < 1.29 is 4.79 Å². The van der Waals surface area contributed by atoms with E-state index in [-0.39, 0.29) is 11.9 Å². The molecule has 0 radical (unpaired) electrons. The maximum absolute atomic E-state index is 11.4. The molecule has 0 spiro atoms. The van der Waals surface area contributed by atoms with Crippen molar-refractivity contribution in [3.8, 4) is 0 Å². The van der Waals surface area contributed by atoms with Gasteiger partial charge in [-0.2, -0.15) is 0 Å². The summed E-state index contributed by atoms with van der Waals surface area (Å²) in [5.41, 5.74) is 6.46. The lowest BCUT2D eigenvalue weighted by atomic mass is 10.1. The van der Waals surface area contributed by atoms with Crippen molar-refractivity contribution in [1.82, 2.24) is 5.32 Å². The minimum absolute atomic E-state index is 0.0662. The van der Waals surface area contributed by atoms with Gasteiger partial charge in [-0.3, -0.25) is 4.79 Å². The van der Waals surface area contributed by atoms with Crippen molar-refractivity contribution in [3.05, 3.63) is 35.9 Å². The Hall–Kier alpha value is -1.35. The molecule has 0 aliphatic heterocycles. The van der Waals surface area contributed by atoms with Gasteiger partial charge < -0.3 is 11.1 Å². The molecule has 1 atom stereocenters. The summed E-state index contributed by atoms with van der Waals surface area (Å²) in [6.45, 7) is 2.54. The molecule has 82 valence electrons. The number of carbonyl (C=O) groups is 1. The van der Waals surface area contributed by atoms with Crippen LogP contribution in [0.5, 0.6) is 0 Å². The molecular weight excluding hydrogens is 188 g/mol.